The second kappa shape index (κ2) is 12.4. The van der Waals surface area contributed by atoms with Crippen LogP contribution in [-0.4, -0.2) is 73.4 Å². The summed E-state index contributed by atoms with van der Waals surface area (Å²) in [7, 11) is 5.92. The fourth-order valence-electron chi connectivity index (χ4n) is 6.40. The lowest BCUT2D eigenvalue weighted by Crippen LogP contribution is -2.36. The second-order valence-corrected chi connectivity index (χ2v) is 12.9. The second-order valence-electron chi connectivity index (χ2n) is 12.9. The summed E-state index contributed by atoms with van der Waals surface area (Å²) in [5.74, 6) is -4.11. The molecule has 0 aliphatic carbocycles. The van der Waals surface area contributed by atoms with Gasteiger partial charge in [-0.05, 0) is 82.9 Å². The Balaban J connectivity index is 1.37. The smallest absolute Gasteiger partial charge is 0.266 e. The van der Waals surface area contributed by atoms with Crippen molar-refractivity contribution in [2.45, 2.75) is 0 Å². The van der Waals surface area contributed by atoms with E-state index < -0.39 is 35.4 Å². The van der Waals surface area contributed by atoms with E-state index in [2.05, 4.69) is 0 Å². The summed E-state index contributed by atoms with van der Waals surface area (Å²) in [5.41, 5.74) is 15.4. The van der Waals surface area contributed by atoms with Gasteiger partial charge in [0.1, 0.15) is 0 Å². The number of nitrogen functional groups attached to an aromatic ring is 2. The van der Waals surface area contributed by atoms with Crippen molar-refractivity contribution in [3.05, 3.63) is 130 Å². The van der Waals surface area contributed by atoms with Gasteiger partial charge in [0.05, 0.1) is 44.8 Å². The van der Waals surface area contributed by atoms with Crippen LogP contribution in [0.15, 0.2) is 97.1 Å². The number of nitrogens with zero attached hydrogens (tertiary/aromatic N) is 4. The molecule has 0 saturated heterocycles. The highest BCUT2D eigenvalue weighted by Gasteiger charge is 2.43. The van der Waals surface area contributed by atoms with Crippen LogP contribution in [0, 0.1) is 0 Å². The third-order valence-electron chi connectivity index (χ3n) is 9.13. The molecule has 52 heavy (non-hydrogen) atoms. The molecule has 0 aromatic heterocycles. The summed E-state index contributed by atoms with van der Waals surface area (Å²) >= 11 is 0. The highest BCUT2D eigenvalue weighted by Crippen LogP contribution is 2.40. The quantitative estimate of drug-likeness (QED) is 0.181. The molecule has 4 N–H and O–H groups in total. The van der Waals surface area contributed by atoms with Crippen molar-refractivity contribution >= 4 is 58.2 Å². The average molecular weight is 693 g/mol. The Labute approximate surface area is 298 Å². The number of fused-ring (bicyclic) bond motifs is 2. The molecular formula is C40H32N6O6. The Morgan fingerprint density at radius 3 is 1.08 bits per heavy atom. The molecule has 0 unspecified atom stereocenters. The molecule has 258 valence electrons. The van der Waals surface area contributed by atoms with Crippen LogP contribution in [0.2, 0.25) is 0 Å². The third-order valence-corrected chi connectivity index (χ3v) is 9.13. The first-order chi connectivity index (χ1) is 24.8. The molecule has 0 radical (unpaired) electrons. The lowest BCUT2D eigenvalue weighted by atomic mass is 10.00. The minimum Gasteiger partial charge on any atom is -0.399 e. The summed E-state index contributed by atoms with van der Waals surface area (Å²) in [6.45, 7) is 0. The van der Waals surface area contributed by atoms with Gasteiger partial charge >= 0.3 is 0 Å². The lowest BCUT2D eigenvalue weighted by molar-refractivity contribution is 0.0814. The predicted octanol–water partition coefficient (Wildman–Crippen LogP) is 5.19. The first kappa shape index (κ1) is 33.4. The molecular weight excluding hydrogens is 660 g/mol. The monoisotopic (exact) mass is 692 g/mol. The topological polar surface area (TPSA) is 167 Å². The summed E-state index contributed by atoms with van der Waals surface area (Å²) in [4.78, 5) is 88.0. The third kappa shape index (κ3) is 5.33. The van der Waals surface area contributed by atoms with E-state index in [1.807, 2.05) is 0 Å². The molecule has 0 saturated carbocycles. The van der Waals surface area contributed by atoms with Gasteiger partial charge in [-0.15, -0.1) is 0 Å². The number of carbonyl (C=O) groups excluding carboxylic acids is 6. The van der Waals surface area contributed by atoms with Crippen molar-refractivity contribution in [1.82, 2.24) is 9.80 Å². The van der Waals surface area contributed by atoms with Gasteiger partial charge in [-0.2, -0.15) is 0 Å². The number of amides is 6. The molecule has 6 amide bonds. The highest BCUT2D eigenvalue weighted by atomic mass is 16.2. The number of imide groups is 2. The summed E-state index contributed by atoms with van der Waals surface area (Å²) in [6.07, 6.45) is 0. The van der Waals surface area contributed by atoms with Gasteiger partial charge in [0.15, 0.2) is 0 Å². The minimum absolute atomic E-state index is 0.101. The Hall–Kier alpha value is -7.08. The van der Waals surface area contributed by atoms with E-state index in [1.165, 1.54) is 62.3 Å². The molecule has 2 heterocycles. The Kier molecular flexibility index (Phi) is 7.94. The molecule has 12 nitrogen and oxygen atoms in total. The zero-order chi connectivity index (χ0) is 37.2. The normalized spacial score (nSPS) is 13.4. The van der Waals surface area contributed by atoms with Crippen LogP contribution >= 0.6 is 0 Å². The first-order valence-electron chi connectivity index (χ1n) is 16.2. The summed E-state index contributed by atoms with van der Waals surface area (Å²) in [6, 6.07) is 26.2. The maximum Gasteiger partial charge on any atom is 0.266 e. The van der Waals surface area contributed by atoms with Gasteiger partial charge < -0.3 is 21.3 Å². The van der Waals surface area contributed by atoms with E-state index in [0.717, 1.165) is 20.9 Å². The van der Waals surface area contributed by atoms with Crippen molar-refractivity contribution in [2.75, 3.05) is 49.5 Å². The maximum absolute atomic E-state index is 14.1. The molecule has 5 aromatic rings. The van der Waals surface area contributed by atoms with Gasteiger partial charge in [-0.1, -0.05) is 36.4 Å². The van der Waals surface area contributed by atoms with Crippen molar-refractivity contribution in [3.63, 3.8) is 0 Å². The van der Waals surface area contributed by atoms with E-state index in [-0.39, 0.29) is 44.8 Å². The first-order valence-corrected chi connectivity index (χ1v) is 16.2. The number of nitrogens with two attached hydrogens (primary N) is 2. The molecule has 2 aliphatic rings. The number of rotatable bonds is 6. The van der Waals surface area contributed by atoms with Gasteiger partial charge in [0, 0.05) is 39.6 Å². The molecule has 5 aromatic carbocycles. The van der Waals surface area contributed by atoms with E-state index >= 15 is 0 Å². The van der Waals surface area contributed by atoms with Crippen molar-refractivity contribution in [1.29, 1.82) is 0 Å². The maximum atomic E-state index is 14.1. The van der Waals surface area contributed by atoms with Gasteiger partial charge in [-0.25, -0.2) is 9.80 Å². The van der Waals surface area contributed by atoms with Crippen LogP contribution in [0.25, 0.3) is 22.3 Å². The fourth-order valence-corrected chi connectivity index (χ4v) is 6.40. The number of hydrogen-bond acceptors (Lipinski definition) is 8. The number of carbonyl (C=O) groups is 6. The van der Waals surface area contributed by atoms with Crippen LogP contribution in [0.3, 0.4) is 0 Å². The Morgan fingerprint density at radius 2 is 0.750 bits per heavy atom. The van der Waals surface area contributed by atoms with Crippen molar-refractivity contribution in [3.8, 4) is 22.3 Å². The zero-order valence-corrected chi connectivity index (χ0v) is 28.6. The van der Waals surface area contributed by atoms with E-state index in [1.54, 1.807) is 72.8 Å². The lowest BCUT2D eigenvalue weighted by Gasteiger charge is -2.26. The van der Waals surface area contributed by atoms with Crippen LogP contribution in [-0.2, 0) is 0 Å². The van der Waals surface area contributed by atoms with Crippen LogP contribution in [0.5, 0.6) is 0 Å². The molecule has 0 bridgehead atoms. The summed E-state index contributed by atoms with van der Waals surface area (Å²) < 4.78 is 0. The van der Waals surface area contributed by atoms with E-state index in [9.17, 15) is 28.8 Å². The average Bonchev–Trinajstić information content (AvgIpc) is 3.53. The SMILES string of the molecule is CN(C)C(=O)c1cc(N2C(=O)c3ccc(-c4ccc(N)cc4)cc3C2=O)c(C(=O)N(C)C)cc1N1C(=O)c2ccc(-c3ccc(N)cc3)cc2C1=O. The number of anilines is 4. The van der Waals surface area contributed by atoms with E-state index in [4.69, 9.17) is 11.5 Å². The summed E-state index contributed by atoms with van der Waals surface area (Å²) in [5, 5.41) is 0. The zero-order valence-electron chi connectivity index (χ0n) is 28.6. The van der Waals surface area contributed by atoms with Crippen LogP contribution < -0.4 is 21.3 Å². The highest BCUT2D eigenvalue weighted by molar-refractivity contribution is 6.38. The predicted molar refractivity (Wildman–Crippen MR) is 197 cm³/mol. The molecule has 0 fully saturated rings. The minimum atomic E-state index is -0.711. The standard InChI is InChI=1S/C40H32N6O6/c1-43(2)35(47)31-19-34(46-38(50)28-16-10-24(18-30(28)40(46)52)22-7-13-26(42)14-8-22)32(36(48)44(3)4)20-33(31)45-37(49)27-15-9-23(17-29(27)39(45)51)21-5-11-25(41)12-6-21/h5-20H,41-42H2,1-4H3. The molecule has 0 atom stereocenters. The molecule has 2 aliphatic heterocycles. The number of benzene rings is 5. The Bertz CT molecular complexity index is 2230. The van der Waals surface area contributed by atoms with Crippen LogP contribution in [0.1, 0.15) is 62.1 Å². The fraction of sp³-hybridized carbons (Fsp3) is 0.100. The van der Waals surface area contributed by atoms with E-state index in [0.29, 0.717) is 22.5 Å². The van der Waals surface area contributed by atoms with Crippen LogP contribution in [0.4, 0.5) is 22.7 Å². The Morgan fingerprint density at radius 1 is 0.442 bits per heavy atom. The largest absolute Gasteiger partial charge is 0.399 e. The van der Waals surface area contributed by atoms with Crippen molar-refractivity contribution in [2.24, 2.45) is 0 Å². The van der Waals surface area contributed by atoms with Gasteiger partial charge in [0.25, 0.3) is 35.4 Å². The van der Waals surface area contributed by atoms with Crippen molar-refractivity contribution < 1.29 is 28.8 Å². The molecule has 7 rings (SSSR count). The molecule has 0 spiro atoms. The number of hydrogen-bond donors (Lipinski definition) is 2. The van der Waals surface area contributed by atoms with Gasteiger partial charge in [-0.3, -0.25) is 28.8 Å². The molecule has 12 heteroatoms. The van der Waals surface area contributed by atoms with Gasteiger partial charge in [0.2, 0.25) is 0 Å².